The summed E-state index contributed by atoms with van der Waals surface area (Å²) in [5.74, 6) is -0.574. The molecule has 0 saturated carbocycles. The van der Waals surface area contributed by atoms with E-state index in [1.165, 1.54) is 0 Å². The van der Waals surface area contributed by atoms with E-state index in [2.05, 4.69) is 6.58 Å². The molecule has 22 heavy (non-hydrogen) atoms. The van der Waals surface area contributed by atoms with Gasteiger partial charge in [0.1, 0.15) is 0 Å². The molecule has 0 aliphatic heterocycles. The molecular weight excluding hydrogens is 332 g/mol. The monoisotopic (exact) mass is 364 g/mol. The molecule has 0 amide bonds. The van der Waals surface area contributed by atoms with Gasteiger partial charge >= 0.3 is 12.1 Å². The van der Waals surface area contributed by atoms with Crippen molar-refractivity contribution < 1.29 is 22.8 Å². The zero-order valence-electron chi connectivity index (χ0n) is 15.7. The maximum atomic E-state index is 12.1. The van der Waals surface area contributed by atoms with Crippen LogP contribution in [0.1, 0.15) is 6.92 Å². The average molecular weight is 365 g/mol. The van der Waals surface area contributed by atoms with Gasteiger partial charge in [-0.2, -0.15) is 0 Å². The first-order valence-electron chi connectivity index (χ1n) is 7.44. The van der Waals surface area contributed by atoms with Crippen LogP contribution in [0, 0.1) is 0 Å². The molecule has 130 valence electrons. The van der Waals surface area contributed by atoms with Crippen molar-refractivity contribution in [3.63, 3.8) is 0 Å². The Morgan fingerprint density at radius 3 is 1.23 bits per heavy atom. The highest BCUT2D eigenvalue weighted by Gasteiger charge is 2.49. The summed E-state index contributed by atoms with van der Waals surface area (Å²) in [6.45, 7) is 23.2. The van der Waals surface area contributed by atoms with Gasteiger partial charge in [-0.05, 0) is 65.8 Å². The Bertz CT molecular complexity index is 375. The topological polar surface area (TPSA) is 54.0 Å². The Balaban J connectivity index is 5.78. The molecule has 8 heteroatoms. The van der Waals surface area contributed by atoms with Gasteiger partial charge in [-0.1, -0.05) is 6.58 Å². The first-order chi connectivity index (χ1) is 9.45. The average Bonchev–Trinajstić information content (AvgIpc) is 2.06. The van der Waals surface area contributed by atoms with E-state index >= 15 is 0 Å². The highest BCUT2D eigenvalue weighted by atomic mass is 28.4. The predicted molar refractivity (Wildman–Crippen MR) is 96.9 cm³/mol. The highest BCUT2D eigenvalue weighted by molar-refractivity contribution is 6.72. The van der Waals surface area contributed by atoms with Crippen LogP contribution in [0.15, 0.2) is 12.2 Å². The van der Waals surface area contributed by atoms with Gasteiger partial charge in [0.15, 0.2) is 25.0 Å². The van der Waals surface area contributed by atoms with Gasteiger partial charge in [-0.15, -0.1) is 0 Å². The molecule has 0 aliphatic carbocycles. The second kappa shape index (κ2) is 7.10. The van der Waals surface area contributed by atoms with Crippen molar-refractivity contribution >= 4 is 30.9 Å². The molecule has 0 aromatic rings. The number of hydrogen-bond acceptors (Lipinski definition) is 5. The molecule has 0 spiro atoms. The van der Waals surface area contributed by atoms with Crippen LogP contribution in [0.2, 0.25) is 58.9 Å². The van der Waals surface area contributed by atoms with Gasteiger partial charge < -0.3 is 18.0 Å². The lowest BCUT2D eigenvalue weighted by molar-refractivity contribution is -0.399. The minimum absolute atomic E-state index is 0.280. The smallest absolute Gasteiger partial charge is 0.382 e. The number of rotatable bonds is 8. The highest BCUT2D eigenvalue weighted by Crippen LogP contribution is 2.31. The quantitative estimate of drug-likeness (QED) is 0.278. The third-order valence-corrected chi connectivity index (χ3v) is 4.45. The van der Waals surface area contributed by atoms with Crippen molar-refractivity contribution in [3.8, 4) is 0 Å². The molecule has 0 N–H and O–H groups in total. The maximum absolute atomic E-state index is 12.1. The van der Waals surface area contributed by atoms with E-state index in [-0.39, 0.29) is 5.57 Å². The van der Waals surface area contributed by atoms with Crippen molar-refractivity contribution in [2.45, 2.75) is 72.0 Å². The van der Waals surface area contributed by atoms with Crippen LogP contribution < -0.4 is 0 Å². The largest absolute Gasteiger partial charge is 0.433 e. The van der Waals surface area contributed by atoms with Gasteiger partial charge in [0, 0.05) is 5.57 Å². The Morgan fingerprint density at radius 1 is 0.773 bits per heavy atom. The minimum atomic E-state index is -2.11. The van der Waals surface area contributed by atoms with E-state index < -0.39 is 37.1 Å². The third kappa shape index (κ3) is 9.70. The summed E-state index contributed by atoms with van der Waals surface area (Å²) in [6, 6.07) is 0. The van der Waals surface area contributed by atoms with E-state index in [0.717, 1.165) is 0 Å². The number of carbonyl (C=O) groups excluding carboxylic acids is 1. The molecule has 0 aromatic carbocycles. The summed E-state index contributed by atoms with van der Waals surface area (Å²) in [6.07, 6.45) is -1.77. The van der Waals surface area contributed by atoms with Crippen molar-refractivity contribution in [3.05, 3.63) is 12.2 Å². The molecule has 0 fully saturated rings. The lowest BCUT2D eigenvalue weighted by Crippen LogP contribution is -2.58. The number of hydrogen-bond donors (Lipinski definition) is 0. The summed E-state index contributed by atoms with van der Waals surface area (Å²) in [7, 11) is -6.32. The first kappa shape index (κ1) is 21.7. The van der Waals surface area contributed by atoms with Crippen molar-refractivity contribution in [2.24, 2.45) is 0 Å². The van der Waals surface area contributed by atoms with Gasteiger partial charge in [-0.25, -0.2) is 4.79 Å². The third-order valence-electron chi connectivity index (χ3n) is 1.86. The van der Waals surface area contributed by atoms with Crippen molar-refractivity contribution in [2.75, 3.05) is 0 Å². The van der Waals surface area contributed by atoms with Gasteiger partial charge in [0.2, 0.25) is 0 Å². The summed E-state index contributed by atoms with van der Waals surface area (Å²) < 4.78 is 23.8. The molecular formula is C14H32O5Si3. The number of ether oxygens (including phenoxy) is 1. The van der Waals surface area contributed by atoms with Crippen LogP contribution in [0.5, 0.6) is 0 Å². The Kier molecular flexibility index (Phi) is 7.02. The molecule has 0 bridgehead atoms. The molecule has 5 nitrogen and oxygen atoms in total. The standard InChI is InChI=1S/C14H32O5Si3/c1-12(2)13(15)16-14(17-20(3,4)5,18-21(6,7)8)19-22(9,10)11/h1H2,2-11H3. The molecule has 0 radical (unpaired) electrons. The van der Waals surface area contributed by atoms with E-state index in [0.29, 0.717) is 0 Å². The zero-order chi connectivity index (χ0) is 18.0. The summed E-state index contributed by atoms with van der Waals surface area (Å²) in [5.41, 5.74) is 0.280. The molecule has 0 rings (SSSR count). The second-order valence-electron chi connectivity index (χ2n) is 8.31. The van der Waals surface area contributed by atoms with Crippen molar-refractivity contribution in [1.82, 2.24) is 0 Å². The van der Waals surface area contributed by atoms with Crippen LogP contribution in [-0.4, -0.2) is 37.1 Å². The zero-order valence-corrected chi connectivity index (χ0v) is 18.7. The fourth-order valence-electron chi connectivity index (χ4n) is 1.45. The van der Waals surface area contributed by atoms with E-state index in [4.69, 9.17) is 18.0 Å². The van der Waals surface area contributed by atoms with Gasteiger partial charge in [0.05, 0.1) is 0 Å². The minimum Gasteiger partial charge on any atom is -0.382 e. The summed E-state index contributed by atoms with van der Waals surface area (Å²) in [4.78, 5) is 12.1. The van der Waals surface area contributed by atoms with E-state index in [1.807, 2.05) is 58.9 Å². The molecule has 0 unspecified atom stereocenters. The van der Waals surface area contributed by atoms with Gasteiger partial charge in [-0.3, -0.25) is 0 Å². The van der Waals surface area contributed by atoms with Crippen molar-refractivity contribution in [1.29, 1.82) is 0 Å². The molecule has 0 saturated heterocycles. The summed E-state index contributed by atoms with van der Waals surface area (Å²) in [5, 5.41) is 0. The lowest BCUT2D eigenvalue weighted by Gasteiger charge is -2.42. The fourth-order valence-corrected chi connectivity index (χ4v) is 4.33. The second-order valence-corrected chi connectivity index (χ2v) is 21.6. The Labute approximate surface area is 138 Å². The van der Waals surface area contributed by atoms with Crippen LogP contribution in [0.4, 0.5) is 0 Å². The summed E-state index contributed by atoms with van der Waals surface area (Å²) >= 11 is 0. The van der Waals surface area contributed by atoms with Gasteiger partial charge in [0.25, 0.3) is 0 Å². The van der Waals surface area contributed by atoms with E-state index in [1.54, 1.807) is 6.92 Å². The number of carbonyl (C=O) groups is 1. The van der Waals surface area contributed by atoms with Crippen LogP contribution in [-0.2, 0) is 22.8 Å². The number of esters is 1. The molecule has 0 atom stereocenters. The van der Waals surface area contributed by atoms with E-state index in [9.17, 15) is 4.79 Å². The Morgan fingerprint density at radius 2 is 1.05 bits per heavy atom. The molecule has 0 aromatic heterocycles. The lowest BCUT2D eigenvalue weighted by atomic mass is 10.4. The van der Waals surface area contributed by atoms with Crippen LogP contribution >= 0.6 is 0 Å². The van der Waals surface area contributed by atoms with Crippen LogP contribution in [0.25, 0.3) is 0 Å². The first-order valence-corrected chi connectivity index (χ1v) is 17.7. The van der Waals surface area contributed by atoms with Crippen LogP contribution in [0.3, 0.4) is 0 Å². The SMILES string of the molecule is C=C(C)C(=O)OC(O[Si](C)(C)C)(O[Si](C)(C)C)O[Si](C)(C)C. The maximum Gasteiger partial charge on any atom is 0.433 e. The Hall–Kier alpha value is -0.259. The fraction of sp³-hybridized carbons (Fsp3) is 0.786. The molecule has 0 aliphatic rings. The predicted octanol–water partition coefficient (Wildman–Crippen LogP) is 4.27. The molecule has 0 heterocycles. The normalized spacial score (nSPS) is 13.9.